The molecule has 0 saturated carbocycles. The third-order valence-electron chi connectivity index (χ3n) is 3.78. The van der Waals surface area contributed by atoms with Crippen molar-refractivity contribution in [2.24, 2.45) is 0 Å². The molecule has 0 aliphatic heterocycles. The minimum atomic E-state index is -0.829. The second-order valence-corrected chi connectivity index (χ2v) is 6.07. The topological polar surface area (TPSA) is 89.3 Å². The Hall–Kier alpha value is -2.97. The van der Waals surface area contributed by atoms with Crippen LogP contribution in [0.5, 0.6) is 5.75 Å². The number of hydrogen-bond donors (Lipinski definition) is 2. The fourth-order valence-electron chi connectivity index (χ4n) is 2.36. The van der Waals surface area contributed by atoms with Crippen LogP contribution in [-0.4, -0.2) is 32.9 Å². The van der Waals surface area contributed by atoms with Gasteiger partial charge in [0, 0.05) is 5.69 Å². The van der Waals surface area contributed by atoms with Gasteiger partial charge in [0.2, 0.25) is 5.82 Å². The second-order valence-electron chi connectivity index (χ2n) is 5.66. The zero-order valence-electron chi connectivity index (χ0n) is 14.3. The van der Waals surface area contributed by atoms with Gasteiger partial charge in [0.25, 0.3) is 5.91 Å². The van der Waals surface area contributed by atoms with E-state index in [1.54, 1.807) is 31.4 Å². The summed E-state index contributed by atoms with van der Waals surface area (Å²) < 4.78 is 19.6. The van der Waals surface area contributed by atoms with Crippen LogP contribution in [0.15, 0.2) is 48.8 Å². The number of amides is 1. The highest BCUT2D eigenvalue weighted by atomic mass is 35.5. The fourth-order valence-corrected chi connectivity index (χ4v) is 2.54. The first-order valence-electron chi connectivity index (χ1n) is 7.94. The van der Waals surface area contributed by atoms with Gasteiger partial charge in [0.1, 0.15) is 17.9 Å². The number of rotatable bonds is 6. The van der Waals surface area contributed by atoms with Crippen molar-refractivity contribution in [1.29, 1.82) is 0 Å². The lowest BCUT2D eigenvalue weighted by Crippen LogP contribution is -2.15. The van der Waals surface area contributed by atoms with Crippen LogP contribution in [0.25, 0.3) is 0 Å². The molecule has 0 saturated heterocycles. The first kappa shape index (κ1) is 18.8. The lowest BCUT2D eigenvalue weighted by atomic mass is 10.1. The molecule has 1 amide bonds. The molecule has 0 spiro atoms. The van der Waals surface area contributed by atoms with E-state index in [1.165, 1.54) is 23.1 Å². The van der Waals surface area contributed by atoms with E-state index >= 15 is 0 Å². The molecule has 1 heterocycles. The van der Waals surface area contributed by atoms with Crippen molar-refractivity contribution in [3.8, 4) is 5.75 Å². The van der Waals surface area contributed by atoms with Crippen LogP contribution in [0.2, 0.25) is 5.02 Å². The van der Waals surface area contributed by atoms with Crippen molar-refractivity contribution >= 4 is 23.2 Å². The van der Waals surface area contributed by atoms with Gasteiger partial charge in [0.05, 0.1) is 24.8 Å². The van der Waals surface area contributed by atoms with E-state index in [-0.39, 0.29) is 17.4 Å². The molecule has 0 aliphatic rings. The lowest BCUT2D eigenvalue weighted by molar-refractivity contribution is 0.101. The van der Waals surface area contributed by atoms with Crippen molar-refractivity contribution in [2.75, 3.05) is 12.4 Å². The third kappa shape index (κ3) is 4.60. The number of ether oxygens (including phenoxy) is 1. The van der Waals surface area contributed by atoms with Gasteiger partial charge in [-0.3, -0.25) is 4.79 Å². The van der Waals surface area contributed by atoms with E-state index in [0.29, 0.717) is 17.0 Å². The Morgan fingerprint density at radius 3 is 2.74 bits per heavy atom. The van der Waals surface area contributed by atoms with Crippen LogP contribution in [0.1, 0.15) is 22.3 Å². The molecule has 0 unspecified atom stereocenters. The molecule has 7 nitrogen and oxygen atoms in total. The number of aliphatic hydroxyl groups is 1. The van der Waals surface area contributed by atoms with E-state index < -0.39 is 17.8 Å². The maximum Gasteiger partial charge on any atom is 0.295 e. The predicted octanol–water partition coefficient (Wildman–Crippen LogP) is 3.07. The van der Waals surface area contributed by atoms with Crippen molar-refractivity contribution in [2.45, 2.75) is 12.6 Å². The zero-order valence-corrected chi connectivity index (χ0v) is 15.0. The van der Waals surface area contributed by atoms with Crippen LogP contribution in [0.3, 0.4) is 0 Å². The maximum atomic E-state index is 13.2. The van der Waals surface area contributed by atoms with Crippen LogP contribution < -0.4 is 10.1 Å². The molecule has 2 N–H and O–H groups in total. The molecule has 1 aromatic heterocycles. The second kappa shape index (κ2) is 8.15. The number of methoxy groups -OCH3 is 1. The highest BCUT2D eigenvalue weighted by molar-refractivity contribution is 6.31. The van der Waals surface area contributed by atoms with Crippen molar-refractivity contribution in [3.05, 3.63) is 71.0 Å². The highest BCUT2D eigenvalue weighted by Gasteiger charge is 2.15. The quantitative estimate of drug-likeness (QED) is 0.675. The van der Waals surface area contributed by atoms with Gasteiger partial charge in [-0.15, -0.1) is 5.10 Å². The first-order valence-corrected chi connectivity index (χ1v) is 8.32. The SMILES string of the molecule is COc1ccc([C@H](O)Cn2cnc(C(=O)Nc3ccc(F)c(Cl)c3)n2)cc1. The average molecular weight is 391 g/mol. The molecule has 140 valence electrons. The third-order valence-corrected chi connectivity index (χ3v) is 4.07. The van der Waals surface area contributed by atoms with E-state index in [4.69, 9.17) is 16.3 Å². The Morgan fingerprint density at radius 2 is 2.07 bits per heavy atom. The minimum absolute atomic E-state index is 0.0858. The minimum Gasteiger partial charge on any atom is -0.497 e. The number of benzene rings is 2. The number of carbonyl (C=O) groups excluding carboxylic acids is 1. The number of aliphatic hydroxyl groups excluding tert-OH is 1. The van der Waals surface area contributed by atoms with Gasteiger partial charge < -0.3 is 15.2 Å². The van der Waals surface area contributed by atoms with E-state index in [0.717, 1.165) is 6.07 Å². The molecule has 9 heteroatoms. The molecule has 2 aromatic carbocycles. The van der Waals surface area contributed by atoms with Gasteiger partial charge in [-0.05, 0) is 35.9 Å². The maximum absolute atomic E-state index is 13.2. The standard InChI is InChI=1S/C18H16ClFN4O3/c1-27-13-5-2-11(3-6-13)16(25)9-24-10-21-17(23-24)18(26)22-12-4-7-15(20)14(19)8-12/h2-8,10,16,25H,9H2,1H3,(H,22,26)/t16-/m1/s1. The molecule has 1 atom stereocenters. The average Bonchev–Trinajstić information content (AvgIpc) is 3.13. The van der Waals surface area contributed by atoms with Crippen LogP contribution in [-0.2, 0) is 6.54 Å². The van der Waals surface area contributed by atoms with Gasteiger partial charge in [-0.25, -0.2) is 14.1 Å². The van der Waals surface area contributed by atoms with E-state index in [9.17, 15) is 14.3 Å². The molecule has 0 fully saturated rings. The van der Waals surface area contributed by atoms with Gasteiger partial charge >= 0.3 is 0 Å². The Morgan fingerprint density at radius 1 is 1.33 bits per heavy atom. The lowest BCUT2D eigenvalue weighted by Gasteiger charge is -2.11. The number of carbonyl (C=O) groups is 1. The van der Waals surface area contributed by atoms with E-state index in [2.05, 4.69) is 15.4 Å². The molecule has 27 heavy (non-hydrogen) atoms. The largest absolute Gasteiger partial charge is 0.497 e. The summed E-state index contributed by atoms with van der Waals surface area (Å²) in [6.07, 6.45) is 0.517. The number of nitrogens with one attached hydrogen (secondary N) is 1. The predicted molar refractivity (Wildman–Crippen MR) is 97.3 cm³/mol. The van der Waals surface area contributed by atoms with Gasteiger partial charge in [-0.2, -0.15) is 0 Å². The summed E-state index contributed by atoms with van der Waals surface area (Å²) in [6.45, 7) is 0.120. The molecule has 0 aliphatic carbocycles. The number of anilines is 1. The number of hydrogen-bond acceptors (Lipinski definition) is 5. The Bertz CT molecular complexity index is 946. The van der Waals surface area contributed by atoms with Crippen molar-refractivity contribution in [3.63, 3.8) is 0 Å². The number of aromatic nitrogens is 3. The Kier molecular flexibility index (Phi) is 5.68. The van der Waals surface area contributed by atoms with Gasteiger partial charge in [0.15, 0.2) is 0 Å². The summed E-state index contributed by atoms with van der Waals surface area (Å²) in [5.41, 5.74) is 0.999. The molecule has 0 bridgehead atoms. The fraction of sp³-hybridized carbons (Fsp3) is 0.167. The first-order chi connectivity index (χ1) is 13.0. The summed E-state index contributed by atoms with van der Waals surface area (Å²) in [4.78, 5) is 16.1. The molecule has 0 radical (unpaired) electrons. The summed E-state index contributed by atoms with van der Waals surface area (Å²) in [6, 6.07) is 10.8. The molecule has 3 rings (SSSR count). The summed E-state index contributed by atoms with van der Waals surface area (Å²) in [5, 5.41) is 16.8. The Balaban J connectivity index is 1.64. The summed E-state index contributed by atoms with van der Waals surface area (Å²) >= 11 is 5.68. The van der Waals surface area contributed by atoms with Crippen molar-refractivity contribution < 1.29 is 19.0 Å². The van der Waals surface area contributed by atoms with Crippen LogP contribution >= 0.6 is 11.6 Å². The highest BCUT2D eigenvalue weighted by Crippen LogP contribution is 2.20. The molecular weight excluding hydrogens is 375 g/mol. The number of nitrogens with zero attached hydrogens (tertiary/aromatic N) is 3. The summed E-state index contributed by atoms with van der Waals surface area (Å²) in [5.74, 6) is -0.552. The number of halogens is 2. The molecule has 3 aromatic rings. The normalized spacial score (nSPS) is 11.9. The zero-order chi connectivity index (χ0) is 19.4. The monoisotopic (exact) mass is 390 g/mol. The smallest absolute Gasteiger partial charge is 0.295 e. The van der Waals surface area contributed by atoms with Crippen molar-refractivity contribution in [1.82, 2.24) is 14.8 Å². The van der Waals surface area contributed by atoms with Gasteiger partial charge in [-0.1, -0.05) is 23.7 Å². The van der Waals surface area contributed by atoms with Crippen LogP contribution in [0, 0.1) is 5.82 Å². The Labute approximate surface area is 159 Å². The van der Waals surface area contributed by atoms with E-state index in [1.807, 2.05) is 0 Å². The molecular formula is C18H16ClFN4O3. The van der Waals surface area contributed by atoms with Crippen LogP contribution in [0.4, 0.5) is 10.1 Å². The summed E-state index contributed by atoms with van der Waals surface area (Å²) in [7, 11) is 1.56.